The fourth-order valence-corrected chi connectivity index (χ4v) is 4.34. The number of rotatable bonds is 4. The molecule has 1 saturated heterocycles. The molecule has 1 aromatic carbocycles. The van der Waals surface area contributed by atoms with Crippen LogP contribution in [0.25, 0.3) is 0 Å². The van der Waals surface area contributed by atoms with Gasteiger partial charge in [0.25, 0.3) is 0 Å². The molecule has 7 heteroatoms. The van der Waals surface area contributed by atoms with E-state index in [-0.39, 0.29) is 16.0 Å². The van der Waals surface area contributed by atoms with E-state index < -0.39 is 10.0 Å². The number of hydrogen-bond acceptors (Lipinski definition) is 4. The van der Waals surface area contributed by atoms with Crippen molar-refractivity contribution in [3.05, 3.63) is 28.8 Å². The third kappa shape index (κ3) is 3.15. The molecular weight excluding hydrogens is 300 g/mol. The van der Waals surface area contributed by atoms with E-state index in [4.69, 9.17) is 22.1 Å². The van der Waals surface area contributed by atoms with E-state index in [2.05, 4.69) is 0 Å². The van der Waals surface area contributed by atoms with Crippen molar-refractivity contribution in [2.75, 3.05) is 20.2 Å². The largest absolute Gasteiger partial charge is 0.381 e. The van der Waals surface area contributed by atoms with E-state index >= 15 is 0 Å². The molecule has 0 amide bonds. The number of sulfonamides is 1. The third-order valence-electron chi connectivity index (χ3n) is 3.58. The highest BCUT2D eigenvalue weighted by atomic mass is 35.5. The van der Waals surface area contributed by atoms with Gasteiger partial charge in [0.05, 0.1) is 11.1 Å². The molecular formula is C13H19ClN2O3S. The van der Waals surface area contributed by atoms with Crippen LogP contribution >= 0.6 is 11.6 Å². The second-order valence-electron chi connectivity index (χ2n) is 4.81. The summed E-state index contributed by atoms with van der Waals surface area (Å²) < 4.78 is 31.9. The molecule has 0 atom stereocenters. The summed E-state index contributed by atoms with van der Waals surface area (Å²) in [6, 6.07) is 4.83. The number of hydrogen-bond donors (Lipinski definition) is 1. The zero-order valence-electron chi connectivity index (χ0n) is 11.4. The number of nitrogens with zero attached hydrogens (tertiary/aromatic N) is 1. The zero-order chi connectivity index (χ0) is 14.8. The molecule has 1 aromatic rings. The maximum absolute atomic E-state index is 12.6. The first-order valence-electron chi connectivity index (χ1n) is 6.50. The van der Waals surface area contributed by atoms with Crippen molar-refractivity contribution in [3.63, 3.8) is 0 Å². The number of ether oxygens (including phenoxy) is 1. The van der Waals surface area contributed by atoms with Crippen molar-refractivity contribution in [1.29, 1.82) is 0 Å². The Morgan fingerprint density at radius 3 is 2.55 bits per heavy atom. The van der Waals surface area contributed by atoms with Crippen LogP contribution in [0.1, 0.15) is 18.4 Å². The molecule has 112 valence electrons. The molecule has 0 radical (unpaired) electrons. The molecule has 0 saturated carbocycles. The predicted molar refractivity (Wildman–Crippen MR) is 78.1 cm³/mol. The van der Waals surface area contributed by atoms with Crippen molar-refractivity contribution < 1.29 is 13.2 Å². The monoisotopic (exact) mass is 318 g/mol. The van der Waals surface area contributed by atoms with E-state index in [0.29, 0.717) is 32.5 Å². The molecule has 0 aliphatic carbocycles. The standard InChI is InChI=1S/C13H19ClN2O3S/c1-19-11-4-6-16(7-5-11)20(17,18)13-3-2-10(9-15)8-12(13)14/h2-3,8,11H,4-7,9,15H2,1H3. The highest BCUT2D eigenvalue weighted by molar-refractivity contribution is 7.89. The summed E-state index contributed by atoms with van der Waals surface area (Å²) in [7, 11) is -1.89. The van der Waals surface area contributed by atoms with E-state index in [1.807, 2.05) is 0 Å². The van der Waals surface area contributed by atoms with Crippen molar-refractivity contribution in [1.82, 2.24) is 4.31 Å². The maximum atomic E-state index is 12.6. The van der Waals surface area contributed by atoms with Gasteiger partial charge in [-0.3, -0.25) is 0 Å². The van der Waals surface area contributed by atoms with E-state index in [9.17, 15) is 8.42 Å². The van der Waals surface area contributed by atoms with Gasteiger partial charge >= 0.3 is 0 Å². The number of benzene rings is 1. The molecule has 0 unspecified atom stereocenters. The number of piperidine rings is 1. The lowest BCUT2D eigenvalue weighted by atomic mass is 10.1. The molecule has 1 aliphatic rings. The average Bonchev–Trinajstić information content (AvgIpc) is 2.46. The van der Waals surface area contributed by atoms with Crippen LogP contribution in [0.15, 0.2) is 23.1 Å². The predicted octanol–water partition coefficient (Wildman–Crippen LogP) is 1.60. The third-order valence-corrected chi connectivity index (χ3v) is 5.97. The molecule has 0 aromatic heterocycles. The minimum absolute atomic E-state index is 0.136. The molecule has 1 aliphatic heterocycles. The molecule has 1 heterocycles. The Labute approximate surface area is 124 Å². The van der Waals surface area contributed by atoms with Gasteiger partial charge in [-0.2, -0.15) is 4.31 Å². The van der Waals surface area contributed by atoms with Crippen LogP contribution in [0.5, 0.6) is 0 Å². The summed E-state index contributed by atoms with van der Waals surface area (Å²) in [5, 5.41) is 0.224. The van der Waals surface area contributed by atoms with Gasteiger partial charge in [0.2, 0.25) is 10.0 Å². The second-order valence-corrected chi connectivity index (χ2v) is 7.12. The minimum atomic E-state index is -3.54. The topological polar surface area (TPSA) is 72.6 Å². The summed E-state index contributed by atoms with van der Waals surface area (Å²) >= 11 is 6.08. The summed E-state index contributed by atoms with van der Waals surface area (Å²) in [6.45, 7) is 1.24. The first-order chi connectivity index (χ1) is 9.48. The Morgan fingerprint density at radius 1 is 1.40 bits per heavy atom. The van der Waals surface area contributed by atoms with E-state index in [1.165, 1.54) is 10.4 Å². The molecule has 1 fully saturated rings. The molecule has 5 nitrogen and oxygen atoms in total. The maximum Gasteiger partial charge on any atom is 0.244 e. The quantitative estimate of drug-likeness (QED) is 0.915. The highest BCUT2D eigenvalue weighted by Gasteiger charge is 2.30. The lowest BCUT2D eigenvalue weighted by Crippen LogP contribution is -2.40. The molecule has 2 rings (SSSR count). The fraction of sp³-hybridized carbons (Fsp3) is 0.538. The van der Waals surface area contributed by atoms with Gasteiger partial charge in [-0.05, 0) is 30.5 Å². The molecule has 0 spiro atoms. The normalized spacial score (nSPS) is 18.4. The summed E-state index contributed by atoms with van der Waals surface area (Å²) in [6.07, 6.45) is 1.54. The Morgan fingerprint density at radius 2 is 2.05 bits per heavy atom. The summed E-state index contributed by atoms with van der Waals surface area (Å²) in [4.78, 5) is 0.146. The zero-order valence-corrected chi connectivity index (χ0v) is 13.0. The van der Waals surface area contributed by atoms with E-state index in [0.717, 1.165) is 5.56 Å². The minimum Gasteiger partial charge on any atom is -0.381 e. The van der Waals surface area contributed by atoms with Crippen molar-refractivity contribution in [2.45, 2.75) is 30.4 Å². The summed E-state index contributed by atoms with van der Waals surface area (Å²) in [5.74, 6) is 0. The van der Waals surface area contributed by atoms with Crippen LogP contribution in [-0.4, -0.2) is 39.0 Å². The number of halogens is 1. The van der Waals surface area contributed by atoms with Crippen molar-refractivity contribution in [3.8, 4) is 0 Å². The van der Waals surface area contributed by atoms with Gasteiger partial charge in [0.15, 0.2) is 0 Å². The average molecular weight is 319 g/mol. The Kier molecular flexibility index (Phi) is 5.04. The second kappa shape index (κ2) is 6.41. The van der Waals surface area contributed by atoms with Gasteiger partial charge < -0.3 is 10.5 Å². The van der Waals surface area contributed by atoms with Gasteiger partial charge in [-0.15, -0.1) is 0 Å². The first-order valence-corrected chi connectivity index (χ1v) is 8.32. The Hall–Kier alpha value is -0.660. The van der Waals surface area contributed by atoms with Gasteiger partial charge in [0.1, 0.15) is 4.90 Å². The van der Waals surface area contributed by atoms with E-state index in [1.54, 1.807) is 19.2 Å². The molecule has 20 heavy (non-hydrogen) atoms. The highest BCUT2D eigenvalue weighted by Crippen LogP contribution is 2.28. The van der Waals surface area contributed by atoms with Crippen LogP contribution in [0.4, 0.5) is 0 Å². The van der Waals surface area contributed by atoms with Crippen LogP contribution < -0.4 is 5.73 Å². The summed E-state index contributed by atoms with van der Waals surface area (Å²) in [5.41, 5.74) is 6.33. The van der Waals surface area contributed by atoms with Gasteiger partial charge in [-0.1, -0.05) is 17.7 Å². The molecule has 2 N–H and O–H groups in total. The number of nitrogens with two attached hydrogens (primary N) is 1. The first kappa shape index (κ1) is 15.7. The van der Waals surface area contributed by atoms with Gasteiger partial charge in [0, 0.05) is 26.7 Å². The number of methoxy groups -OCH3 is 1. The molecule has 0 bridgehead atoms. The van der Waals surface area contributed by atoms with Crippen LogP contribution in [-0.2, 0) is 21.3 Å². The Balaban J connectivity index is 2.23. The Bertz CT molecular complexity index is 569. The van der Waals surface area contributed by atoms with Crippen molar-refractivity contribution >= 4 is 21.6 Å². The van der Waals surface area contributed by atoms with Crippen LogP contribution in [0.3, 0.4) is 0 Å². The lowest BCUT2D eigenvalue weighted by molar-refractivity contribution is 0.0604. The lowest BCUT2D eigenvalue weighted by Gasteiger charge is -2.30. The van der Waals surface area contributed by atoms with Crippen LogP contribution in [0, 0.1) is 0 Å². The van der Waals surface area contributed by atoms with Crippen molar-refractivity contribution in [2.24, 2.45) is 5.73 Å². The fourth-order valence-electron chi connectivity index (χ4n) is 2.33. The van der Waals surface area contributed by atoms with Crippen LogP contribution in [0.2, 0.25) is 5.02 Å². The van der Waals surface area contributed by atoms with Gasteiger partial charge in [-0.25, -0.2) is 8.42 Å². The smallest absolute Gasteiger partial charge is 0.244 e. The SMILES string of the molecule is COC1CCN(S(=O)(=O)c2ccc(CN)cc2Cl)CC1.